The van der Waals surface area contributed by atoms with Crippen LogP contribution in [0.5, 0.6) is 5.88 Å². The Bertz CT molecular complexity index is 913. The van der Waals surface area contributed by atoms with Crippen molar-refractivity contribution in [3.8, 4) is 17.1 Å². The molecule has 0 bridgehead atoms. The molecule has 1 aliphatic rings. The number of rotatable bonds is 7. The van der Waals surface area contributed by atoms with Crippen molar-refractivity contribution in [3.63, 3.8) is 0 Å². The molecule has 138 valence electrons. The summed E-state index contributed by atoms with van der Waals surface area (Å²) in [4.78, 5) is 16.5. The van der Waals surface area contributed by atoms with Gasteiger partial charge in [0, 0.05) is 30.4 Å². The third-order valence-electron chi connectivity index (χ3n) is 4.50. The molecular weight excluding hydrogens is 342 g/mol. The Balaban J connectivity index is 1.31. The van der Waals surface area contributed by atoms with E-state index in [1.807, 2.05) is 43.3 Å². The largest absolute Gasteiger partial charge is 0.477 e. The molecule has 0 saturated heterocycles. The van der Waals surface area contributed by atoms with Gasteiger partial charge in [0.1, 0.15) is 5.69 Å². The Hall–Kier alpha value is -3.15. The quantitative estimate of drug-likeness (QED) is 0.691. The Morgan fingerprint density at radius 1 is 1.22 bits per heavy atom. The van der Waals surface area contributed by atoms with Crippen LogP contribution in [0.25, 0.3) is 11.3 Å². The van der Waals surface area contributed by atoms with E-state index in [-0.39, 0.29) is 11.7 Å². The van der Waals surface area contributed by atoms with Gasteiger partial charge >= 0.3 is 0 Å². The number of amides is 1. The average molecular weight is 363 g/mol. The molecule has 0 spiro atoms. The summed E-state index contributed by atoms with van der Waals surface area (Å²) in [5.41, 5.74) is 3.60. The van der Waals surface area contributed by atoms with E-state index in [0.717, 1.165) is 23.3 Å². The summed E-state index contributed by atoms with van der Waals surface area (Å²) in [6, 6.07) is 13.3. The zero-order valence-electron chi connectivity index (χ0n) is 15.1. The minimum Gasteiger partial charge on any atom is -0.477 e. The maximum absolute atomic E-state index is 12.3. The molecule has 3 aromatic rings. The average Bonchev–Trinajstić information content (AvgIpc) is 3.40. The number of aromatic nitrogens is 2. The van der Waals surface area contributed by atoms with E-state index >= 15 is 0 Å². The van der Waals surface area contributed by atoms with Gasteiger partial charge in [-0.1, -0.05) is 41.1 Å². The number of benzene rings is 1. The van der Waals surface area contributed by atoms with Gasteiger partial charge in [0.15, 0.2) is 0 Å². The number of aryl methyl sites for hydroxylation is 1. The zero-order chi connectivity index (χ0) is 18.6. The summed E-state index contributed by atoms with van der Waals surface area (Å²) in [6.07, 6.45) is 4.20. The molecule has 0 aliphatic heterocycles. The lowest BCUT2D eigenvalue weighted by atomic mass is 10.1. The van der Waals surface area contributed by atoms with E-state index in [4.69, 9.17) is 9.26 Å². The van der Waals surface area contributed by atoms with E-state index in [0.29, 0.717) is 24.0 Å². The van der Waals surface area contributed by atoms with Crippen LogP contribution in [-0.2, 0) is 6.54 Å². The molecule has 6 heteroatoms. The number of ether oxygens (including phenoxy) is 1. The number of carbonyl (C=O) groups excluding carboxylic acids is 1. The van der Waals surface area contributed by atoms with Crippen molar-refractivity contribution in [2.24, 2.45) is 5.92 Å². The van der Waals surface area contributed by atoms with E-state index < -0.39 is 0 Å². The second-order valence-electron chi connectivity index (χ2n) is 6.88. The zero-order valence-corrected chi connectivity index (χ0v) is 15.1. The van der Waals surface area contributed by atoms with Gasteiger partial charge in [0.2, 0.25) is 11.6 Å². The number of nitrogens with zero attached hydrogens (tertiary/aromatic N) is 2. The SMILES string of the molecule is Cc1ccc(-c2cc(C(=O)NCc3ccc(OCC4CC4)nc3)on2)cc1. The third kappa shape index (κ3) is 4.53. The monoisotopic (exact) mass is 363 g/mol. The maximum atomic E-state index is 12.3. The molecule has 6 nitrogen and oxygen atoms in total. The molecule has 0 radical (unpaired) electrons. The summed E-state index contributed by atoms with van der Waals surface area (Å²) in [5, 5.41) is 6.79. The van der Waals surface area contributed by atoms with Crippen LogP contribution in [0.2, 0.25) is 0 Å². The molecule has 2 heterocycles. The first kappa shape index (κ1) is 17.3. The maximum Gasteiger partial charge on any atom is 0.290 e. The van der Waals surface area contributed by atoms with Crippen LogP contribution in [0.4, 0.5) is 0 Å². The predicted molar refractivity (Wildman–Crippen MR) is 100 cm³/mol. The van der Waals surface area contributed by atoms with Crippen molar-refractivity contribution >= 4 is 5.91 Å². The van der Waals surface area contributed by atoms with Crippen molar-refractivity contribution < 1.29 is 14.1 Å². The van der Waals surface area contributed by atoms with Gasteiger partial charge in [0.05, 0.1) is 6.61 Å². The lowest BCUT2D eigenvalue weighted by Gasteiger charge is -2.06. The Morgan fingerprint density at radius 3 is 2.74 bits per heavy atom. The van der Waals surface area contributed by atoms with Crippen LogP contribution >= 0.6 is 0 Å². The molecule has 1 N–H and O–H groups in total. The molecule has 27 heavy (non-hydrogen) atoms. The van der Waals surface area contributed by atoms with Crippen LogP contribution in [0.1, 0.15) is 34.5 Å². The van der Waals surface area contributed by atoms with Crippen LogP contribution in [-0.4, -0.2) is 22.7 Å². The van der Waals surface area contributed by atoms with Crippen LogP contribution in [0.15, 0.2) is 53.2 Å². The fraction of sp³-hybridized carbons (Fsp3) is 0.286. The minimum atomic E-state index is -0.310. The predicted octanol–water partition coefficient (Wildman–Crippen LogP) is 3.76. The molecule has 1 aromatic carbocycles. The second kappa shape index (κ2) is 7.61. The molecule has 1 fully saturated rings. The molecule has 4 rings (SSSR count). The highest BCUT2D eigenvalue weighted by atomic mass is 16.5. The van der Waals surface area contributed by atoms with Crippen LogP contribution in [0, 0.1) is 12.8 Å². The third-order valence-corrected chi connectivity index (χ3v) is 4.50. The van der Waals surface area contributed by atoms with Gasteiger partial charge in [-0.25, -0.2) is 4.98 Å². The number of carbonyl (C=O) groups is 1. The number of nitrogens with one attached hydrogen (secondary N) is 1. The summed E-state index contributed by atoms with van der Waals surface area (Å²) in [7, 11) is 0. The highest BCUT2D eigenvalue weighted by molar-refractivity contribution is 5.92. The van der Waals surface area contributed by atoms with Crippen molar-refractivity contribution in [2.45, 2.75) is 26.3 Å². The second-order valence-corrected chi connectivity index (χ2v) is 6.88. The van der Waals surface area contributed by atoms with Crippen LogP contribution < -0.4 is 10.1 Å². The first-order chi connectivity index (χ1) is 13.2. The Kier molecular flexibility index (Phi) is 4.87. The molecule has 0 atom stereocenters. The van der Waals surface area contributed by atoms with Crippen LogP contribution in [0.3, 0.4) is 0 Å². The van der Waals surface area contributed by atoms with Gasteiger partial charge in [0.25, 0.3) is 5.91 Å². The summed E-state index contributed by atoms with van der Waals surface area (Å²) in [6.45, 7) is 3.11. The standard InChI is InChI=1S/C21H21N3O3/c1-14-2-7-17(8-3-14)18-10-19(27-24-18)21(25)23-12-16-6-9-20(22-11-16)26-13-15-4-5-15/h2-3,6-11,15H,4-5,12-13H2,1H3,(H,23,25). The Morgan fingerprint density at radius 2 is 2.04 bits per heavy atom. The smallest absolute Gasteiger partial charge is 0.290 e. The highest BCUT2D eigenvalue weighted by Crippen LogP contribution is 2.29. The van der Waals surface area contributed by atoms with E-state index in [2.05, 4.69) is 15.5 Å². The first-order valence-corrected chi connectivity index (χ1v) is 9.07. The fourth-order valence-electron chi connectivity index (χ4n) is 2.60. The molecule has 2 aromatic heterocycles. The molecule has 0 unspecified atom stereocenters. The molecule has 1 amide bonds. The van der Waals surface area contributed by atoms with Crippen molar-refractivity contribution in [1.29, 1.82) is 0 Å². The van der Waals surface area contributed by atoms with Gasteiger partial charge in [-0.15, -0.1) is 0 Å². The van der Waals surface area contributed by atoms with Gasteiger partial charge in [-0.2, -0.15) is 0 Å². The van der Waals surface area contributed by atoms with E-state index in [9.17, 15) is 4.79 Å². The summed E-state index contributed by atoms with van der Waals surface area (Å²) in [5.74, 6) is 1.19. The van der Waals surface area contributed by atoms with Crippen molar-refractivity contribution in [3.05, 3.63) is 65.5 Å². The lowest BCUT2D eigenvalue weighted by Crippen LogP contribution is -2.22. The van der Waals surface area contributed by atoms with Gasteiger partial charge in [-0.05, 0) is 31.2 Å². The normalized spacial score (nSPS) is 13.4. The van der Waals surface area contributed by atoms with E-state index in [1.54, 1.807) is 12.3 Å². The molecule has 1 aliphatic carbocycles. The highest BCUT2D eigenvalue weighted by Gasteiger charge is 2.22. The number of hydrogen-bond donors (Lipinski definition) is 1. The molecule has 1 saturated carbocycles. The summed E-state index contributed by atoms with van der Waals surface area (Å²) < 4.78 is 10.8. The number of pyridine rings is 1. The van der Waals surface area contributed by atoms with Gasteiger partial charge < -0.3 is 14.6 Å². The summed E-state index contributed by atoms with van der Waals surface area (Å²) >= 11 is 0. The molecular formula is C21H21N3O3. The van der Waals surface area contributed by atoms with Crippen molar-refractivity contribution in [1.82, 2.24) is 15.5 Å². The number of hydrogen-bond acceptors (Lipinski definition) is 5. The topological polar surface area (TPSA) is 77.2 Å². The van der Waals surface area contributed by atoms with Crippen molar-refractivity contribution in [2.75, 3.05) is 6.61 Å². The lowest BCUT2D eigenvalue weighted by molar-refractivity contribution is 0.0914. The Labute approximate surface area is 157 Å². The fourth-order valence-corrected chi connectivity index (χ4v) is 2.60. The van der Waals surface area contributed by atoms with Gasteiger partial charge in [-0.3, -0.25) is 4.79 Å². The van der Waals surface area contributed by atoms with E-state index in [1.165, 1.54) is 12.8 Å². The first-order valence-electron chi connectivity index (χ1n) is 9.07. The minimum absolute atomic E-state index is 0.183.